The van der Waals surface area contributed by atoms with Crippen LogP contribution in [0.4, 0.5) is 5.69 Å². The quantitative estimate of drug-likeness (QED) is 0.651. The van der Waals surface area contributed by atoms with Crippen molar-refractivity contribution in [2.24, 2.45) is 5.73 Å². The Morgan fingerprint density at radius 3 is 2.58 bits per heavy atom. The van der Waals surface area contributed by atoms with Crippen LogP contribution in [-0.4, -0.2) is 17.1 Å². The molecular weight excluding hydrogens is 262 g/mol. The van der Waals surface area contributed by atoms with Crippen molar-refractivity contribution in [2.45, 2.75) is 12.2 Å². The lowest BCUT2D eigenvalue weighted by molar-refractivity contribution is -0.116. The molecule has 0 unspecified atom stereocenters. The van der Waals surface area contributed by atoms with Crippen molar-refractivity contribution < 1.29 is 9.59 Å². The largest absolute Gasteiger partial charge is 0.365 e. The number of benzene rings is 1. The molecule has 6 heteroatoms. The van der Waals surface area contributed by atoms with Crippen LogP contribution in [0.2, 0.25) is 0 Å². The molecule has 0 bridgehead atoms. The van der Waals surface area contributed by atoms with Crippen molar-refractivity contribution in [3.8, 4) is 6.07 Å². The predicted octanol–water partition coefficient (Wildman–Crippen LogP) is 1.38. The number of nitriles is 1. The van der Waals surface area contributed by atoms with Crippen LogP contribution in [-0.2, 0) is 9.59 Å². The Morgan fingerprint density at radius 1 is 1.42 bits per heavy atom. The predicted molar refractivity (Wildman–Crippen MR) is 72.8 cm³/mol. The molecule has 2 amide bonds. The number of thioether (sulfide) groups is 1. The summed E-state index contributed by atoms with van der Waals surface area (Å²) in [5.41, 5.74) is 5.62. The number of carbonyl (C=O) groups is 2. The third-order valence-corrected chi connectivity index (χ3v) is 3.81. The topological polar surface area (TPSA) is 87.2 Å². The van der Waals surface area contributed by atoms with Gasteiger partial charge in [0.15, 0.2) is 0 Å². The first-order chi connectivity index (χ1) is 9.06. The average molecular weight is 273 g/mol. The van der Waals surface area contributed by atoms with Crippen molar-refractivity contribution in [3.63, 3.8) is 0 Å². The normalized spacial score (nSPS) is 21.2. The number of primary amides is 1. The lowest BCUT2D eigenvalue weighted by atomic mass is 10.2. The first-order valence-electron chi connectivity index (χ1n) is 5.56. The SMILES string of the molecule is C[C@H]1S/C(=C(/C#N)C(N)=O)N(c2ccccc2)C1=O. The summed E-state index contributed by atoms with van der Waals surface area (Å²) in [6.07, 6.45) is 0. The Hall–Kier alpha value is -2.26. The van der Waals surface area contributed by atoms with Gasteiger partial charge in [0, 0.05) is 5.69 Å². The van der Waals surface area contributed by atoms with Gasteiger partial charge in [-0.15, -0.1) is 0 Å². The van der Waals surface area contributed by atoms with E-state index in [0.29, 0.717) is 10.7 Å². The van der Waals surface area contributed by atoms with Gasteiger partial charge in [-0.25, -0.2) is 0 Å². The molecule has 1 aliphatic rings. The van der Waals surface area contributed by atoms with Gasteiger partial charge in [0.1, 0.15) is 16.7 Å². The van der Waals surface area contributed by atoms with E-state index in [1.165, 1.54) is 16.7 Å². The highest BCUT2D eigenvalue weighted by atomic mass is 32.2. The number of amides is 2. The highest BCUT2D eigenvalue weighted by Gasteiger charge is 2.37. The van der Waals surface area contributed by atoms with E-state index < -0.39 is 5.91 Å². The van der Waals surface area contributed by atoms with Crippen molar-refractivity contribution in [1.82, 2.24) is 0 Å². The smallest absolute Gasteiger partial charge is 0.262 e. The van der Waals surface area contributed by atoms with Gasteiger partial charge >= 0.3 is 0 Å². The van der Waals surface area contributed by atoms with Crippen LogP contribution in [0.3, 0.4) is 0 Å². The highest BCUT2D eigenvalue weighted by Crippen LogP contribution is 2.40. The van der Waals surface area contributed by atoms with Crippen molar-refractivity contribution in [2.75, 3.05) is 4.90 Å². The monoisotopic (exact) mass is 273 g/mol. The van der Waals surface area contributed by atoms with Crippen LogP contribution in [0.5, 0.6) is 0 Å². The molecule has 19 heavy (non-hydrogen) atoms. The molecule has 0 aliphatic carbocycles. The number of carbonyl (C=O) groups excluding carboxylic acids is 2. The summed E-state index contributed by atoms with van der Waals surface area (Å²) in [7, 11) is 0. The Morgan fingerprint density at radius 2 is 2.05 bits per heavy atom. The fourth-order valence-corrected chi connectivity index (χ4v) is 2.86. The molecule has 0 spiro atoms. The molecule has 0 saturated carbocycles. The second kappa shape index (κ2) is 5.16. The number of hydrogen-bond donors (Lipinski definition) is 1. The molecule has 1 aromatic carbocycles. The zero-order chi connectivity index (χ0) is 14.0. The van der Waals surface area contributed by atoms with E-state index in [9.17, 15) is 9.59 Å². The summed E-state index contributed by atoms with van der Waals surface area (Å²) >= 11 is 1.17. The van der Waals surface area contributed by atoms with Crippen LogP contribution in [0.1, 0.15) is 6.92 Å². The molecule has 2 rings (SSSR count). The van der Waals surface area contributed by atoms with Gasteiger partial charge in [0.05, 0.1) is 5.25 Å². The Kier molecular flexibility index (Phi) is 3.58. The van der Waals surface area contributed by atoms with Gasteiger partial charge in [-0.1, -0.05) is 30.0 Å². The number of nitrogens with zero attached hydrogens (tertiary/aromatic N) is 2. The summed E-state index contributed by atoms with van der Waals surface area (Å²) in [6, 6.07) is 10.6. The van der Waals surface area contributed by atoms with Crippen LogP contribution in [0.25, 0.3) is 0 Å². The Balaban J connectivity index is 2.58. The van der Waals surface area contributed by atoms with Gasteiger partial charge in [-0.2, -0.15) is 5.26 Å². The van der Waals surface area contributed by atoms with Gasteiger partial charge in [0.2, 0.25) is 5.91 Å². The summed E-state index contributed by atoms with van der Waals surface area (Å²) in [5, 5.41) is 8.99. The number of rotatable bonds is 2. The summed E-state index contributed by atoms with van der Waals surface area (Å²) in [4.78, 5) is 24.8. The number of anilines is 1. The van der Waals surface area contributed by atoms with E-state index in [2.05, 4.69) is 0 Å². The summed E-state index contributed by atoms with van der Waals surface area (Å²) in [6.45, 7) is 1.73. The molecular formula is C13H11N3O2S. The van der Waals surface area contributed by atoms with E-state index in [-0.39, 0.29) is 16.7 Å². The standard InChI is InChI=1S/C13H11N3O2S/c1-8-12(18)16(9-5-3-2-4-6-9)13(19-8)10(7-14)11(15)17/h2-6,8H,1H3,(H2,15,17)/b13-10-/t8-/m1/s1. The van der Waals surface area contributed by atoms with E-state index in [1.54, 1.807) is 37.3 Å². The van der Waals surface area contributed by atoms with Gasteiger partial charge in [0.25, 0.3) is 5.91 Å². The highest BCUT2D eigenvalue weighted by molar-refractivity contribution is 8.05. The van der Waals surface area contributed by atoms with E-state index >= 15 is 0 Å². The van der Waals surface area contributed by atoms with Crippen LogP contribution in [0, 0.1) is 11.3 Å². The maximum absolute atomic E-state index is 12.2. The molecule has 1 heterocycles. The van der Waals surface area contributed by atoms with Crippen LogP contribution >= 0.6 is 11.8 Å². The number of hydrogen-bond acceptors (Lipinski definition) is 4. The first kappa shape index (κ1) is 13.2. The molecule has 0 aromatic heterocycles. The minimum atomic E-state index is -0.826. The zero-order valence-electron chi connectivity index (χ0n) is 10.2. The Bertz CT molecular complexity index is 604. The molecule has 2 N–H and O–H groups in total. The first-order valence-corrected chi connectivity index (χ1v) is 6.44. The van der Waals surface area contributed by atoms with Gasteiger partial charge in [-0.3, -0.25) is 14.5 Å². The Labute approximate surface area is 114 Å². The zero-order valence-corrected chi connectivity index (χ0v) is 11.0. The lowest BCUT2D eigenvalue weighted by Gasteiger charge is -2.17. The third-order valence-electron chi connectivity index (χ3n) is 2.65. The van der Waals surface area contributed by atoms with E-state index in [0.717, 1.165) is 0 Å². The van der Waals surface area contributed by atoms with E-state index in [1.807, 2.05) is 6.07 Å². The fourth-order valence-electron chi connectivity index (χ4n) is 1.75. The minimum Gasteiger partial charge on any atom is -0.365 e. The summed E-state index contributed by atoms with van der Waals surface area (Å²) in [5.74, 6) is -0.993. The molecule has 5 nitrogen and oxygen atoms in total. The van der Waals surface area contributed by atoms with Gasteiger partial charge in [-0.05, 0) is 19.1 Å². The minimum absolute atomic E-state index is 0.166. The molecule has 1 atom stereocenters. The van der Waals surface area contributed by atoms with Crippen LogP contribution < -0.4 is 10.6 Å². The molecule has 0 radical (unpaired) electrons. The molecule has 96 valence electrons. The molecule has 1 saturated heterocycles. The third kappa shape index (κ3) is 2.33. The second-order valence-corrected chi connectivity index (χ2v) is 5.25. The van der Waals surface area contributed by atoms with Gasteiger partial charge < -0.3 is 5.73 Å². The molecule has 1 aromatic rings. The van der Waals surface area contributed by atoms with Crippen molar-refractivity contribution >= 4 is 29.3 Å². The fraction of sp³-hybridized carbons (Fsp3) is 0.154. The average Bonchev–Trinajstić information content (AvgIpc) is 2.67. The second-order valence-electron chi connectivity index (χ2n) is 3.93. The van der Waals surface area contributed by atoms with E-state index in [4.69, 9.17) is 11.0 Å². The van der Waals surface area contributed by atoms with Crippen molar-refractivity contribution in [3.05, 3.63) is 40.9 Å². The number of nitrogens with two attached hydrogens (primary N) is 1. The summed E-state index contributed by atoms with van der Waals surface area (Å²) < 4.78 is 0. The molecule has 1 aliphatic heterocycles. The maximum atomic E-state index is 12.2. The van der Waals surface area contributed by atoms with Crippen molar-refractivity contribution in [1.29, 1.82) is 5.26 Å². The maximum Gasteiger partial charge on any atom is 0.262 e. The molecule has 1 fully saturated rings. The lowest BCUT2D eigenvalue weighted by Crippen LogP contribution is -2.29. The van der Waals surface area contributed by atoms with Crippen LogP contribution in [0.15, 0.2) is 40.9 Å². The number of para-hydroxylation sites is 1.